The average Bonchev–Trinajstić information content (AvgIpc) is 2.75. The quantitative estimate of drug-likeness (QED) is 0.701. The lowest BCUT2D eigenvalue weighted by Gasteiger charge is -2.38. The van der Waals surface area contributed by atoms with E-state index < -0.39 is 0 Å². The van der Waals surface area contributed by atoms with Crippen molar-refractivity contribution in [2.45, 2.75) is 18.7 Å². The summed E-state index contributed by atoms with van der Waals surface area (Å²) in [5.74, 6) is -0.166. The first kappa shape index (κ1) is 18.4. The Labute approximate surface area is 165 Å². The molecule has 0 aliphatic carbocycles. The maximum Gasteiger partial charge on any atom is 0.338 e. The highest BCUT2D eigenvalue weighted by Gasteiger charge is 2.33. The van der Waals surface area contributed by atoms with Gasteiger partial charge in [-0.1, -0.05) is 72.8 Å². The fraction of sp³-hybridized carbons (Fsp3) is 0.208. The summed E-state index contributed by atoms with van der Waals surface area (Å²) in [6.07, 6.45) is -0.338. The minimum atomic E-state index is -0.338. The number of likely N-dealkylation sites (N-methyl/N-ethyl adjacent to an activating group) is 1. The SMILES string of the molecule is CN1CC(c2ccccc2)c2cccc(C(=O)OCc3ccccc3)c2C1N. The van der Waals surface area contributed by atoms with Crippen LogP contribution in [0.1, 0.15) is 44.7 Å². The molecule has 2 N–H and O–H groups in total. The number of esters is 1. The van der Waals surface area contributed by atoms with E-state index in [1.165, 1.54) is 5.56 Å². The van der Waals surface area contributed by atoms with Crippen molar-refractivity contribution in [3.05, 3.63) is 107 Å². The number of nitrogens with zero attached hydrogens (tertiary/aromatic N) is 1. The number of hydrogen-bond acceptors (Lipinski definition) is 4. The van der Waals surface area contributed by atoms with Crippen molar-refractivity contribution in [1.29, 1.82) is 0 Å². The van der Waals surface area contributed by atoms with Crippen molar-refractivity contribution in [3.63, 3.8) is 0 Å². The Morgan fingerprint density at radius 3 is 2.39 bits per heavy atom. The molecule has 4 nitrogen and oxygen atoms in total. The van der Waals surface area contributed by atoms with Gasteiger partial charge in [0.2, 0.25) is 0 Å². The van der Waals surface area contributed by atoms with Crippen LogP contribution in [0.2, 0.25) is 0 Å². The average molecular weight is 372 g/mol. The standard InChI is InChI=1S/C24H24N2O2/c1-26-15-21(18-11-6-3-7-12-18)19-13-8-14-20(22(19)23(26)25)24(27)28-16-17-9-4-2-5-10-17/h2-14,21,23H,15-16,25H2,1H3. The first-order valence-corrected chi connectivity index (χ1v) is 9.50. The molecular weight excluding hydrogens is 348 g/mol. The third kappa shape index (κ3) is 3.57. The lowest BCUT2D eigenvalue weighted by Crippen LogP contribution is -2.41. The van der Waals surface area contributed by atoms with Crippen LogP contribution in [0.3, 0.4) is 0 Å². The molecule has 28 heavy (non-hydrogen) atoms. The van der Waals surface area contributed by atoms with Gasteiger partial charge >= 0.3 is 5.97 Å². The van der Waals surface area contributed by atoms with Gasteiger partial charge in [-0.2, -0.15) is 0 Å². The van der Waals surface area contributed by atoms with Crippen LogP contribution in [0.4, 0.5) is 0 Å². The van der Waals surface area contributed by atoms with E-state index in [-0.39, 0.29) is 24.7 Å². The Hall–Kier alpha value is -2.95. The molecular formula is C24H24N2O2. The minimum Gasteiger partial charge on any atom is -0.457 e. The second-order valence-electron chi connectivity index (χ2n) is 7.22. The second kappa shape index (κ2) is 7.97. The summed E-state index contributed by atoms with van der Waals surface area (Å²) < 4.78 is 5.59. The van der Waals surface area contributed by atoms with E-state index in [9.17, 15) is 4.79 Å². The van der Waals surface area contributed by atoms with Crippen molar-refractivity contribution in [1.82, 2.24) is 4.90 Å². The minimum absolute atomic E-state index is 0.169. The predicted molar refractivity (Wildman–Crippen MR) is 110 cm³/mol. The summed E-state index contributed by atoms with van der Waals surface area (Å²) in [7, 11) is 2.00. The maximum atomic E-state index is 12.9. The fourth-order valence-electron chi connectivity index (χ4n) is 3.89. The van der Waals surface area contributed by atoms with Crippen LogP contribution < -0.4 is 5.73 Å². The number of benzene rings is 3. The highest BCUT2D eigenvalue weighted by molar-refractivity contribution is 5.92. The van der Waals surface area contributed by atoms with Crippen molar-refractivity contribution in [2.24, 2.45) is 5.73 Å². The molecule has 3 aromatic rings. The number of carbonyl (C=O) groups excluding carboxylic acids is 1. The van der Waals surface area contributed by atoms with Crippen molar-refractivity contribution >= 4 is 5.97 Å². The Morgan fingerprint density at radius 2 is 1.68 bits per heavy atom. The molecule has 0 fully saturated rings. The van der Waals surface area contributed by atoms with Crippen LogP contribution in [-0.2, 0) is 11.3 Å². The van der Waals surface area contributed by atoms with Crippen LogP contribution in [0.5, 0.6) is 0 Å². The molecule has 4 heteroatoms. The number of ether oxygens (including phenoxy) is 1. The van der Waals surface area contributed by atoms with E-state index in [4.69, 9.17) is 10.5 Å². The molecule has 142 valence electrons. The normalized spacial score (nSPS) is 19.1. The molecule has 0 spiro atoms. The number of rotatable bonds is 4. The molecule has 0 saturated heterocycles. The number of nitrogens with two attached hydrogens (primary N) is 1. The smallest absolute Gasteiger partial charge is 0.338 e. The number of hydrogen-bond donors (Lipinski definition) is 1. The Morgan fingerprint density at radius 1 is 1.00 bits per heavy atom. The second-order valence-corrected chi connectivity index (χ2v) is 7.22. The first-order chi connectivity index (χ1) is 13.6. The van der Waals surface area contributed by atoms with Crippen LogP contribution >= 0.6 is 0 Å². The van der Waals surface area contributed by atoms with Crippen molar-refractivity contribution < 1.29 is 9.53 Å². The van der Waals surface area contributed by atoms with Crippen molar-refractivity contribution in [3.8, 4) is 0 Å². The third-order valence-electron chi connectivity index (χ3n) is 5.39. The summed E-state index contributed by atoms with van der Waals surface area (Å²) in [5.41, 5.74) is 11.2. The predicted octanol–water partition coefficient (Wildman–Crippen LogP) is 4.08. The molecule has 0 aromatic heterocycles. The molecule has 1 heterocycles. The summed E-state index contributed by atoms with van der Waals surface area (Å²) in [6.45, 7) is 1.05. The zero-order valence-corrected chi connectivity index (χ0v) is 15.9. The molecule has 1 aliphatic heterocycles. The summed E-state index contributed by atoms with van der Waals surface area (Å²) >= 11 is 0. The Kier molecular flexibility index (Phi) is 5.24. The van der Waals surface area contributed by atoms with Crippen LogP contribution in [0.25, 0.3) is 0 Å². The summed E-state index contributed by atoms with van der Waals surface area (Å²) in [4.78, 5) is 15.0. The lowest BCUT2D eigenvalue weighted by molar-refractivity contribution is 0.0467. The summed E-state index contributed by atoms with van der Waals surface area (Å²) in [5, 5.41) is 0. The first-order valence-electron chi connectivity index (χ1n) is 9.50. The highest BCUT2D eigenvalue weighted by atomic mass is 16.5. The molecule has 0 saturated carbocycles. The van der Waals surface area contributed by atoms with Crippen LogP contribution in [0.15, 0.2) is 78.9 Å². The Balaban J connectivity index is 1.67. The van der Waals surface area contributed by atoms with Crippen molar-refractivity contribution in [2.75, 3.05) is 13.6 Å². The largest absolute Gasteiger partial charge is 0.457 e. The van der Waals surface area contributed by atoms with Gasteiger partial charge in [-0.3, -0.25) is 4.90 Å². The van der Waals surface area contributed by atoms with Gasteiger partial charge in [-0.05, 0) is 29.8 Å². The van der Waals surface area contributed by atoms with Gasteiger partial charge in [0, 0.05) is 18.0 Å². The van der Waals surface area contributed by atoms with Gasteiger partial charge in [-0.15, -0.1) is 0 Å². The van der Waals surface area contributed by atoms with Gasteiger partial charge < -0.3 is 10.5 Å². The number of fused-ring (bicyclic) bond motifs is 1. The Bertz CT molecular complexity index is 957. The van der Waals surface area contributed by atoms with E-state index >= 15 is 0 Å². The topological polar surface area (TPSA) is 55.6 Å². The molecule has 2 atom stereocenters. The van der Waals surface area contributed by atoms with E-state index in [1.807, 2.05) is 67.7 Å². The van der Waals surface area contributed by atoms with E-state index in [0.717, 1.165) is 23.2 Å². The van der Waals surface area contributed by atoms with Crippen LogP contribution in [-0.4, -0.2) is 24.5 Å². The lowest BCUT2D eigenvalue weighted by atomic mass is 9.81. The number of carbonyl (C=O) groups is 1. The van der Waals surface area contributed by atoms with Gasteiger partial charge in [0.15, 0.2) is 0 Å². The molecule has 0 bridgehead atoms. The molecule has 0 radical (unpaired) electrons. The van der Waals surface area contributed by atoms with E-state index in [0.29, 0.717) is 5.56 Å². The third-order valence-corrected chi connectivity index (χ3v) is 5.39. The zero-order valence-electron chi connectivity index (χ0n) is 15.9. The van der Waals surface area contributed by atoms with Gasteiger partial charge in [0.1, 0.15) is 6.61 Å². The molecule has 2 unspecified atom stereocenters. The zero-order chi connectivity index (χ0) is 19.5. The van der Waals surface area contributed by atoms with Gasteiger partial charge in [0.25, 0.3) is 0 Å². The fourth-order valence-corrected chi connectivity index (χ4v) is 3.89. The monoisotopic (exact) mass is 372 g/mol. The van der Waals surface area contributed by atoms with Gasteiger partial charge in [0.05, 0.1) is 11.7 Å². The van der Waals surface area contributed by atoms with E-state index in [2.05, 4.69) is 23.1 Å². The summed E-state index contributed by atoms with van der Waals surface area (Å²) in [6, 6.07) is 25.9. The highest BCUT2D eigenvalue weighted by Crippen LogP contribution is 2.38. The molecule has 3 aromatic carbocycles. The van der Waals surface area contributed by atoms with E-state index in [1.54, 1.807) is 0 Å². The van der Waals surface area contributed by atoms with Gasteiger partial charge in [-0.25, -0.2) is 4.79 Å². The molecule has 1 aliphatic rings. The molecule has 4 rings (SSSR count). The maximum absolute atomic E-state index is 12.9. The molecule has 0 amide bonds. The van der Waals surface area contributed by atoms with Crippen LogP contribution in [0, 0.1) is 0 Å².